The number of benzene rings is 2. The first kappa shape index (κ1) is 20.4. The van der Waals surface area contributed by atoms with E-state index in [2.05, 4.69) is 64.7 Å². The monoisotopic (exact) mass is 471 g/mol. The average Bonchev–Trinajstić information content (AvgIpc) is 3.52. The van der Waals surface area contributed by atoms with Crippen molar-refractivity contribution < 1.29 is 4.79 Å². The van der Waals surface area contributed by atoms with E-state index in [-0.39, 0.29) is 11.9 Å². The van der Waals surface area contributed by atoms with Crippen molar-refractivity contribution in [1.82, 2.24) is 19.6 Å². The van der Waals surface area contributed by atoms with E-state index in [1.54, 1.807) is 17.7 Å². The predicted molar refractivity (Wildman–Crippen MR) is 134 cm³/mol. The largest absolute Gasteiger partial charge is 0.308 e. The van der Waals surface area contributed by atoms with E-state index in [1.807, 2.05) is 27.5 Å². The first-order valence-corrected chi connectivity index (χ1v) is 12.7. The lowest BCUT2D eigenvalue weighted by Gasteiger charge is -2.22. The van der Waals surface area contributed by atoms with Crippen molar-refractivity contribution in [2.24, 2.45) is 0 Å². The van der Waals surface area contributed by atoms with Gasteiger partial charge in [-0.1, -0.05) is 59.8 Å². The van der Waals surface area contributed by atoms with Crippen molar-refractivity contribution in [3.63, 3.8) is 0 Å². The lowest BCUT2D eigenvalue weighted by Crippen LogP contribution is -2.37. The number of thioether (sulfide) groups is 1. The molecule has 1 amide bonds. The zero-order valence-electron chi connectivity index (χ0n) is 18.2. The van der Waals surface area contributed by atoms with Crippen LogP contribution in [0.2, 0.25) is 0 Å². The van der Waals surface area contributed by atoms with E-state index in [0.717, 1.165) is 39.1 Å². The number of hydrogen-bond acceptors (Lipinski definition) is 6. The minimum Gasteiger partial charge on any atom is -0.308 e. The van der Waals surface area contributed by atoms with Gasteiger partial charge in [-0.05, 0) is 37.5 Å². The molecule has 0 fully saturated rings. The third kappa shape index (κ3) is 3.41. The summed E-state index contributed by atoms with van der Waals surface area (Å²) in [6.45, 7) is 4.18. The molecule has 0 radical (unpaired) electrons. The Hall–Kier alpha value is -3.23. The number of nitrogens with zero attached hydrogens (tertiary/aromatic N) is 5. The molecule has 0 spiro atoms. The lowest BCUT2D eigenvalue weighted by atomic mass is 10.0. The van der Waals surface area contributed by atoms with Crippen LogP contribution in [0.5, 0.6) is 0 Å². The van der Waals surface area contributed by atoms with Crippen LogP contribution in [0.3, 0.4) is 0 Å². The van der Waals surface area contributed by atoms with E-state index in [4.69, 9.17) is 0 Å². The van der Waals surface area contributed by atoms with E-state index >= 15 is 0 Å². The van der Waals surface area contributed by atoms with Gasteiger partial charge in [-0.25, -0.2) is 4.98 Å². The predicted octanol–water partition coefficient (Wildman–Crippen LogP) is 5.38. The minimum absolute atomic E-state index is 0.0825. The van der Waals surface area contributed by atoms with E-state index in [0.29, 0.717) is 10.9 Å². The zero-order chi connectivity index (χ0) is 22.5. The topological polar surface area (TPSA) is 63.4 Å². The molecule has 0 unspecified atom stereocenters. The number of carbonyl (C=O) groups excluding carboxylic acids is 1. The van der Waals surface area contributed by atoms with Gasteiger partial charge >= 0.3 is 0 Å². The summed E-state index contributed by atoms with van der Waals surface area (Å²) in [5, 5.41) is 12.7. The average molecular weight is 472 g/mol. The summed E-state index contributed by atoms with van der Waals surface area (Å²) >= 11 is 3.01. The van der Waals surface area contributed by atoms with Gasteiger partial charge in [-0.15, -0.1) is 21.5 Å². The molecule has 6 rings (SSSR count). The molecule has 6 nitrogen and oxygen atoms in total. The Labute approximate surface area is 199 Å². The van der Waals surface area contributed by atoms with Crippen LogP contribution in [0.25, 0.3) is 27.0 Å². The molecule has 3 aromatic heterocycles. The van der Waals surface area contributed by atoms with Gasteiger partial charge in [0.05, 0.1) is 11.1 Å². The van der Waals surface area contributed by atoms with Crippen molar-refractivity contribution in [1.29, 1.82) is 0 Å². The van der Waals surface area contributed by atoms with E-state index in [9.17, 15) is 4.79 Å². The molecule has 0 N–H and O–H groups in total. The highest BCUT2D eigenvalue weighted by Gasteiger charge is 2.30. The second-order valence-electron chi connectivity index (χ2n) is 8.35. The van der Waals surface area contributed by atoms with Crippen LogP contribution in [0.1, 0.15) is 18.1 Å². The summed E-state index contributed by atoms with van der Waals surface area (Å²) in [6, 6.07) is 16.8. The smallest absolute Gasteiger partial charge is 0.237 e. The quantitative estimate of drug-likeness (QED) is 0.329. The molecule has 0 bridgehead atoms. The number of hydrogen-bond donors (Lipinski definition) is 0. The summed E-state index contributed by atoms with van der Waals surface area (Å²) in [6.07, 6.45) is 2.65. The number of amides is 1. The molecule has 164 valence electrons. The van der Waals surface area contributed by atoms with Crippen molar-refractivity contribution in [2.75, 3.05) is 10.7 Å². The van der Waals surface area contributed by atoms with Crippen molar-refractivity contribution in [3.05, 3.63) is 71.4 Å². The highest BCUT2D eigenvalue weighted by Crippen LogP contribution is 2.36. The molecule has 0 saturated heterocycles. The van der Waals surface area contributed by atoms with Gasteiger partial charge in [0, 0.05) is 22.7 Å². The Morgan fingerprint density at radius 3 is 2.82 bits per heavy atom. The van der Waals surface area contributed by atoms with Gasteiger partial charge in [0.2, 0.25) is 5.91 Å². The maximum Gasteiger partial charge on any atom is 0.237 e. The number of thiophene rings is 1. The summed E-state index contributed by atoms with van der Waals surface area (Å²) in [4.78, 5) is 20.6. The standard InChI is InChI=1S/C25H21N5OS2/c1-15-7-9-17(10-8-15)19-12-32-24-22(19)23-27-28-25(29(23)14-26-24)33-13-21(31)30-16(2)11-18-5-3-4-6-20(18)30/h3-10,12,14,16H,11,13H2,1-2H3/t16-/m1/s1. The molecular formula is C25H21N5OS2. The van der Waals surface area contributed by atoms with Crippen molar-refractivity contribution in [3.8, 4) is 11.1 Å². The minimum atomic E-state index is 0.0825. The maximum absolute atomic E-state index is 13.1. The number of rotatable bonds is 4. The molecule has 4 heterocycles. The summed E-state index contributed by atoms with van der Waals surface area (Å²) < 4.78 is 1.89. The van der Waals surface area contributed by atoms with Gasteiger partial charge in [-0.3, -0.25) is 9.20 Å². The summed E-state index contributed by atoms with van der Waals surface area (Å²) in [5.74, 6) is 0.380. The van der Waals surface area contributed by atoms with Crippen molar-refractivity contribution >= 4 is 50.6 Å². The van der Waals surface area contributed by atoms with Crippen LogP contribution in [0.4, 0.5) is 5.69 Å². The molecule has 2 aromatic carbocycles. The fraction of sp³-hybridized carbons (Fsp3) is 0.200. The zero-order valence-corrected chi connectivity index (χ0v) is 19.9. The third-order valence-electron chi connectivity index (χ3n) is 6.11. The Morgan fingerprint density at radius 2 is 1.97 bits per heavy atom. The van der Waals surface area contributed by atoms with E-state index in [1.165, 1.54) is 22.9 Å². The van der Waals surface area contributed by atoms with Gasteiger partial charge < -0.3 is 4.90 Å². The highest BCUT2D eigenvalue weighted by molar-refractivity contribution is 7.99. The first-order valence-electron chi connectivity index (χ1n) is 10.8. The Balaban J connectivity index is 1.31. The number of fused-ring (bicyclic) bond motifs is 4. The van der Waals surface area contributed by atoms with Crippen molar-refractivity contribution in [2.45, 2.75) is 31.5 Å². The van der Waals surface area contributed by atoms with Crippen LogP contribution < -0.4 is 4.90 Å². The second kappa shape index (κ2) is 7.97. The first-order chi connectivity index (χ1) is 16.1. The molecule has 1 aliphatic heterocycles. The molecule has 0 aliphatic carbocycles. The Kier molecular flexibility index (Phi) is 4.92. The van der Waals surface area contributed by atoms with Gasteiger partial charge in [0.1, 0.15) is 11.2 Å². The maximum atomic E-state index is 13.1. The van der Waals surface area contributed by atoms with Crippen LogP contribution >= 0.6 is 23.1 Å². The fourth-order valence-corrected chi connectivity index (χ4v) is 6.18. The Bertz CT molecular complexity index is 1500. The Morgan fingerprint density at radius 1 is 1.15 bits per heavy atom. The molecule has 33 heavy (non-hydrogen) atoms. The summed E-state index contributed by atoms with van der Waals surface area (Å²) in [7, 11) is 0. The molecular weight excluding hydrogens is 450 g/mol. The van der Waals surface area contributed by atoms with Gasteiger partial charge in [-0.2, -0.15) is 0 Å². The number of aromatic nitrogens is 4. The molecule has 1 aliphatic rings. The van der Waals surface area contributed by atoms with Gasteiger partial charge in [0.15, 0.2) is 10.8 Å². The highest BCUT2D eigenvalue weighted by atomic mass is 32.2. The summed E-state index contributed by atoms with van der Waals surface area (Å²) in [5.41, 5.74) is 6.48. The lowest BCUT2D eigenvalue weighted by molar-refractivity contribution is -0.116. The molecule has 0 saturated carbocycles. The number of para-hydroxylation sites is 1. The van der Waals surface area contributed by atoms with Crippen LogP contribution in [0.15, 0.2) is 65.4 Å². The third-order valence-corrected chi connectivity index (χ3v) is 7.93. The van der Waals surface area contributed by atoms with Gasteiger partial charge in [0.25, 0.3) is 0 Å². The molecule has 8 heteroatoms. The SMILES string of the molecule is Cc1ccc(-c2csc3ncn4c(SCC(=O)N5c6ccccc6C[C@H]5C)nnc4c23)cc1. The number of carbonyl (C=O) groups is 1. The fourth-order valence-electron chi connectivity index (χ4n) is 4.51. The second-order valence-corrected chi connectivity index (χ2v) is 10.2. The molecule has 1 atom stereocenters. The van der Waals surface area contributed by atoms with Crippen LogP contribution in [0, 0.1) is 6.92 Å². The number of anilines is 1. The van der Waals surface area contributed by atoms with Crippen LogP contribution in [-0.2, 0) is 11.2 Å². The van der Waals surface area contributed by atoms with Crippen LogP contribution in [-0.4, -0.2) is 37.3 Å². The molecule has 5 aromatic rings. The van der Waals surface area contributed by atoms with E-state index < -0.39 is 0 Å². The number of aryl methyl sites for hydroxylation is 1. The normalized spacial score (nSPS) is 15.5.